The second kappa shape index (κ2) is 7.47. The van der Waals surface area contributed by atoms with Gasteiger partial charge in [-0.1, -0.05) is 53.6 Å². The van der Waals surface area contributed by atoms with Crippen LogP contribution in [-0.4, -0.2) is 13.1 Å². The highest BCUT2D eigenvalue weighted by atomic mass is 35.5. The van der Waals surface area contributed by atoms with Crippen LogP contribution < -0.4 is 5.32 Å². The summed E-state index contributed by atoms with van der Waals surface area (Å²) in [6, 6.07) is 17.4. The summed E-state index contributed by atoms with van der Waals surface area (Å²) in [5, 5.41) is 4.22. The Labute approximate surface area is 127 Å². The van der Waals surface area contributed by atoms with E-state index in [9.17, 15) is 0 Å². The Morgan fingerprint density at radius 3 is 2.45 bits per heavy atom. The molecule has 0 aliphatic carbocycles. The highest BCUT2D eigenvalue weighted by molar-refractivity contribution is 6.30. The first-order valence-electron chi connectivity index (χ1n) is 7.14. The number of halogens is 1. The van der Waals surface area contributed by atoms with Crippen LogP contribution in [0, 0.1) is 6.92 Å². The molecule has 0 spiro atoms. The van der Waals surface area contributed by atoms with Gasteiger partial charge in [-0.2, -0.15) is 0 Å². The molecule has 0 saturated carbocycles. The lowest BCUT2D eigenvalue weighted by molar-refractivity contribution is 0.520. The Kier molecular flexibility index (Phi) is 5.63. The maximum Gasteiger partial charge on any atom is 0.0408 e. The monoisotopic (exact) mass is 287 g/mol. The number of hydrogen-bond donors (Lipinski definition) is 1. The minimum Gasteiger partial charge on any atom is -0.317 e. The Balaban J connectivity index is 1.90. The number of benzene rings is 2. The lowest BCUT2D eigenvalue weighted by Crippen LogP contribution is -2.28. The first kappa shape index (κ1) is 15.1. The topological polar surface area (TPSA) is 12.0 Å². The Hall–Kier alpha value is -1.31. The van der Waals surface area contributed by atoms with Crippen molar-refractivity contribution < 1.29 is 0 Å². The molecule has 2 aromatic rings. The SMILES string of the molecule is CNC(CCc1ccc(C)cc1)Cc1cccc(Cl)c1. The summed E-state index contributed by atoms with van der Waals surface area (Å²) in [5.41, 5.74) is 4.01. The maximum absolute atomic E-state index is 6.04. The molecule has 1 atom stereocenters. The summed E-state index contributed by atoms with van der Waals surface area (Å²) in [5.74, 6) is 0. The zero-order valence-corrected chi connectivity index (χ0v) is 13.0. The van der Waals surface area contributed by atoms with Crippen LogP contribution >= 0.6 is 11.6 Å². The number of rotatable bonds is 6. The molecule has 2 heteroatoms. The Morgan fingerprint density at radius 1 is 1.05 bits per heavy atom. The molecule has 1 unspecified atom stereocenters. The Morgan fingerprint density at radius 2 is 1.80 bits per heavy atom. The van der Waals surface area contributed by atoms with Crippen LogP contribution in [0.25, 0.3) is 0 Å². The average Bonchev–Trinajstić information content (AvgIpc) is 2.45. The van der Waals surface area contributed by atoms with Gasteiger partial charge in [-0.25, -0.2) is 0 Å². The molecule has 0 aromatic heterocycles. The quantitative estimate of drug-likeness (QED) is 0.830. The van der Waals surface area contributed by atoms with Crippen LogP contribution in [-0.2, 0) is 12.8 Å². The first-order valence-corrected chi connectivity index (χ1v) is 7.52. The minimum atomic E-state index is 0.481. The van der Waals surface area contributed by atoms with Gasteiger partial charge < -0.3 is 5.32 Å². The maximum atomic E-state index is 6.04. The minimum absolute atomic E-state index is 0.481. The largest absolute Gasteiger partial charge is 0.317 e. The van der Waals surface area contributed by atoms with Crippen molar-refractivity contribution in [3.8, 4) is 0 Å². The van der Waals surface area contributed by atoms with Gasteiger partial charge in [-0.15, -0.1) is 0 Å². The predicted molar refractivity (Wildman–Crippen MR) is 87.5 cm³/mol. The molecule has 0 aliphatic rings. The molecule has 0 bridgehead atoms. The van der Waals surface area contributed by atoms with E-state index in [0.717, 1.165) is 24.3 Å². The van der Waals surface area contributed by atoms with Gasteiger partial charge in [-0.3, -0.25) is 0 Å². The smallest absolute Gasteiger partial charge is 0.0408 e. The molecule has 20 heavy (non-hydrogen) atoms. The zero-order chi connectivity index (χ0) is 14.4. The normalized spacial score (nSPS) is 12.3. The van der Waals surface area contributed by atoms with Crippen molar-refractivity contribution in [1.82, 2.24) is 5.32 Å². The molecule has 0 saturated heterocycles. The fourth-order valence-corrected chi connectivity index (χ4v) is 2.61. The van der Waals surface area contributed by atoms with E-state index < -0.39 is 0 Å². The summed E-state index contributed by atoms with van der Waals surface area (Å²) in [6.07, 6.45) is 3.25. The summed E-state index contributed by atoms with van der Waals surface area (Å²) in [6.45, 7) is 2.12. The van der Waals surface area contributed by atoms with E-state index in [-0.39, 0.29) is 0 Å². The number of likely N-dealkylation sites (N-methyl/N-ethyl adjacent to an activating group) is 1. The Bertz CT molecular complexity index is 533. The third kappa shape index (κ3) is 4.66. The summed E-state index contributed by atoms with van der Waals surface area (Å²) in [7, 11) is 2.03. The van der Waals surface area contributed by atoms with Gasteiger partial charge in [0.05, 0.1) is 0 Å². The summed E-state index contributed by atoms with van der Waals surface area (Å²) >= 11 is 6.04. The number of aryl methyl sites for hydroxylation is 2. The molecule has 106 valence electrons. The lowest BCUT2D eigenvalue weighted by Gasteiger charge is -2.16. The lowest BCUT2D eigenvalue weighted by atomic mass is 9.99. The van der Waals surface area contributed by atoms with E-state index in [1.807, 2.05) is 19.2 Å². The van der Waals surface area contributed by atoms with Gasteiger partial charge in [0.2, 0.25) is 0 Å². The molecule has 1 N–H and O–H groups in total. The van der Waals surface area contributed by atoms with Crippen molar-refractivity contribution in [2.24, 2.45) is 0 Å². The predicted octanol–water partition coefficient (Wildman–Crippen LogP) is 4.41. The molecular formula is C18H22ClN. The van der Waals surface area contributed by atoms with E-state index in [4.69, 9.17) is 11.6 Å². The number of nitrogens with one attached hydrogen (secondary N) is 1. The van der Waals surface area contributed by atoms with Gasteiger partial charge in [-0.05, 0) is 56.5 Å². The summed E-state index contributed by atoms with van der Waals surface area (Å²) in [4.78, 5) is 0. The van der Waals surface area contributed by atoms with E-state index in [0.29, 0.717) is 6.04 Å². The van der Waals surface area contributed by atoms with Crippen molar-refractivity contribution >= 4 is 11.6 Å². The first-order chi connectivity index (χ1) is 9.67. The highest BCUT2D eigenvalue weighted by Gasteiger charge is 2.08. The molecule has 0 aliphatic heterocycles. The third-order valence-corrected chi connectivity index (χ3v) is 3.92. The van der Waals surface area contributed by atoms with Crippen LogP contribution in [0.1, 0.15) is 23.1 Å². The van der Waals surface area contributed by atoms with E-state index in [1.165, 1.54) is 16.7 Å². The van der Waals surface area contributed by atoms with Crippen LogP contribution in [0.4, 0.5) is 0 Å². The fraction of sp³-hybridized carbons (Fsp3) is 0.333. The van der Waals surface area contributed by atoms with Crippen LogP contribution in [0.2, 0.25) is 5.02 Å². The molecule has 2 aromatic carbocycles. The van der Waals surface area contributed by atoms with Crippen molar-refractivity contribution in [1.29, 1.82) is 0 Å². The standard InChI is InChI=1S/C18H22ClN/c1-14-6-8-15(9-7-14)10-11-18(20-2)13-16-4-3-5-17(19)12-16/h3-9,12,18,20H,10-11,13H2,1-2H3. The van der Waals surface area contributed by atoms with Gasteiger partial charge >= 0.3 is 0 Å². The second-order valence-corrected chi connectivity index (χ2v) is 5.78. The molecule has 2 rings (SSSR count). The highest BCUT2D eigenvalue weighted by Crippen LogP contribution is 2.14. The second-order valence-electron chi connectivity index (χ2n) is 5.34. The van der Waals surface area contributed by atoms with Crippen LogP contribution in [0.15, 0.2) is 48.5 Å². The fourth-order valence-electron chi connectivity index (χ4n) is 2.39. The van der Waals surface area contributed by atoms with Crippen LogP contribution in [0.3, 0.4) is 0 Å². The van der Waals surface area contributed by atoms with Crippen molar-refractivity contribution in [3.63, 3.8) is 0 Å². The molecule has 0 radical (unpaired) electrons. The molecule has 1 nitrogen and oxygen atoms in total. The summed E-state index contributed by atoms with van der Waals surface area (Å²) < 4.78 is 0. The van der Waals surface area contributed by atoms with Gasteiger partial charge in [0.15, 0.2) is 0 Å². The average molecular weight is 288 g/mol. The van der Waals surface area contributed by atoms with E-state index >= 15 is 0 Å². The van der Waals surface area contributed by atoms with E-state index in [1.54, 1.807) is 0 Å². The van der Waals surface area contributed by atoms with Gasteiger partial charge in [0.25, 0.3) is 0 Å². The zero-order valence-electron chi connectivity index (χ0n) is 12.2. The van der Waals surface area contributed by atoms with Crippen molar-refractivity contribution in [3.05, 3.63) is 70.2 Å². The molecule has 0 heterocycles. The molecule has 0 amide bonds. The molecular weight excluding hydrogens is 266 g/mol. The van der Waals surface area contributed by atoms with Gasteiger partial charge in [0.1, 0.15) is 0 Å². The van der Waals surface area contributed by atoms with Gasteiger partial charge in [0, 0.05) is 11.1 Å². The van der Waals surface area contributed by atoms with Crippen molar-refractivity contribution in [2.75, 3.05) is 7.05 Å². The third-order valence-electron chi connectivity index (χ3n) is 3.68. The number of hydrogen-bond acceptors (Lipinski definition) is 1. The molecule has 0 fully saturated rings. The van der Waals surface area contributed by atoms with Crippen LogP contribution in [0.5, 0.6) is 0 Å². The van der Waals surface area contributed by atoms with Crippen molar-refractivity contribution in [2.45, 2.75) is 32.2 Å². The van der Waals surface area contributed by atoms with E-state index in [2.05, 4.69) is 48.6 Å².